The van der Waals surface area contributed by atoms with E-state index in [2.05, 4.69) is 0 Å². The third-order valence-electron chi connectivity index (χ3n) is 6.12. The predicted molar refractivity (Wildman–Crippen MR) is 111 cm³/mol. The van der Waals surface area contributed by atoms with Gasteiger partial charge in [0.05, 0.1) is 5.54 Å². The lowest BCUT2D eigenvalue weighted by Gasteiger charge is -2.48. The summed E-state index contributed by atoms with van der Waals surface area (Å²) in [5, 5.41) is 10.9. The Bertz CT molecular complexity index is 893. The average Bonchev–Trinajstić information content (AvgIpc) is 2.71. The number of aliphatic hydroxyl groups excluding tert-OH is 1. The average molecular weight is 418 g/mol. The number of aliphatic hydroxyl groups is 1. The SMILES string of the molecule is NC1(C(O)N2CCN(C(=O)c3ccc(-c4ccc(Cl)cc4F)cc3)CC2)CCC1. The molecule has 7 heteroatoms. The van der Waals surface area contributed by atoms with Crippen LogP contribution in [-0.4, -0.2) is 58.8 Å². The number of amides is 1. The smallest absolute Gasteiger partial charge is 0.253 e. The van der Waals surface area contributed by atoms with Crippen LogP contribution in [0.25, 0.3) is 11.1 Å². The molecule has 4 rings (SSSR count). The van der Waals surface area contributed by atoms with Crippen molar-refractivity contribution < 1.29 is 14.3 Å². The quantitative estimate of drug-likeness (QED) is 0.802. The Balaban J connectivity index is 1.39. The van der Waals surface area contributed by atoms with Crippen molar-refractivity contribution in [3.8, 4) is 11.1 Å². The number of hydrogen-bond donors (Lipinski definition) is 2. The molecule has 0 bridgehead atoms. The van der Waals surface area contributed by atoms with Crippen LogP contribution >= 0.6 is 11.6 Å². The Morgan fingerprint density at radius 2 is 1.76 bits per heavy atom. The van der Waals surface area contributed by atoms with Gasteiger partial charge in [-0.05, 0) is 55.2 Å². The number of nitrogens with two attached hydrogens (primary N) is 1. The van der Waals surface area contributed by atoms with E-state index in [0.717, 1.165) is 19.3 Å². The zero-order valence-electron chi connectivity index (χ0n) is 16.2. The van der Waals surface area contributed by atoms with E-state index >= 15 is 0 Å². The van der Waals surface area contributed by atoms with Crippen LogP contribution in [0.3, 0.4) is 0 Å². The first-order valence-electron chi connectivity index (χ1n) is 9.93. The van der Waals surface area contributed by atoms with Gasteiger partial charge in [0.25, 0.3) is 5.91 Å². The van der Waals surface area contributed by atoms with Crippen LogP contribution in [0.2, 0.25) is 5.02 Å². The number of piperazine rings is 1. The second kappa shape index (κ2) is 8.03. The van der Waals surface area contributed by atoms with Gasteiger partial charge in [0.2, 0.25) is 0 Å². The molecule has 1 saturated heterocycles. The van der Waals surface area contributed by atoms with Gasteiger partial charge in [-0.25, -0.2) is 4.39 Å². The lowest BCUT2D eigenvalue weighted by Crippen LogP contribution is -2.65. The van der Waals surface area contributed by atoms with E-state index in [0.29, 0.717) is 47.9 Å². The predicted octanol–water partition coefficient (Wildman–Crippen LogP) is 3.10. The summed E-state index contributed by atoms with van der Waals surface area (Å²) in [5.41, 5.74) is 7.44. The highest BCUT2D eigenvalue weighted by Gasteiger charge is 2.43. The van der Waals surface area contributed by atoms with Gasteiger partial charge in [-0.2, -0.15) is 0 Å². The van der Waals surface area contributed by atoms with Crippen LogP contribution in [0.4, 0.5) is 4.39 Å². The molecule has 1 amide bonds. The summed E-state index contributed by atoms with van der Waals surface area (Å²) in [6, 6.07) is 11.5. The topological polar surface area (TPSA) is 69.8 Å². The van der Waals surface area contributed by atoms with E-state index in [-0.39, 0.29) is 5.91 Å². The third-order valence-corrected chi connectivity index (χ3v) is 6.36. The summed E-state index contributed by atoms with van der Waals surface area (Å²) in [6.07, 6.45) is 2.09. The van der Waals surface area contributed by atoms with Gasteiger partial charge in [0, 0.05) is 42.3 Å². The fraction of sp³-hybridized carbons (Fsp3) is 0.409. The molecule has 1 saturated carbocycles. The van der Waals surface area contributed by atoms with E-state index in [1.54, 1.807) is 41.3 Å². The highest BCUT2D eigenvalue weighted by molar-refractivity contribution is 6.30. The minimum atomic E-state index is -0.651. The molecule has 5 nitrogen and oxygen atoms in total. The van der Waals surface area contributed by atoms with Crippen molar-refractivity contribution in [2.24, 2.45) is 5.73 Å². The summed E-state index contributed by atoms with van der Waals surface area (Å²) in [4.78, 5) is 16.6. The fourth-order valence-electron chi connectivity index (χ4n) is 4.07. The van der Waals surface area contributed by atoms with Gasteiger partial charge >= 0.3 is 0 Å². The van der Waals surface area contributed by atoms with Gasteiger partial charge in [0.15, 0.2) is 0 Å². The minimum Gasteiger partial charge on any atom is -0.376 e. The lowest BCUT2D eigenvalue weighted by molar-refractivity contribution is -0.0922. The minimum absolute atomic E-state index is 0.0617. The van der Waals surface area contributed by atoms with Gasteiger partial charge in [-0.3, -0.25) is 9.69 Å². The number of nitrogens with zero attached hydrogens (tertiary/aromatic N) is 2. The number of hydrogen-bond acceptors (Lipinski definition) is 4. The Kier molecular flexibility index (Phi) is 5.62. The van der Waals surface area contributed by atoms with Crippen LogP contribution in [0.1, 0.15) is 29.6 Å². The summed E-state index contributed by atoms with van der Waals surface area (Å²) in [7, 11) is 0. The fourth-order valence-corrected chi connectivity index (χ4v) is 4.23. The first-order chi connectivity index (χ1) is 13.9. The van der Waals surface area contributed by atoms with Crippen LogP contribution < -0.4 is 5.73 Å². The standard InChI is InChI=1S/C22H25ClFN3O2/c23-17-6-7-18(19(24)14-17)15-2-4-16(5-3-15)20(28)26-10-12-27(13-11-26)21(29)22(25)8-1-9-22/h2-7,14,21,29H,1,8-13,25H2. The highest BCUT2D eigenvalue weighted by atomic mass is 35.5. The summed E-state index contributed by atoms with van der Waals surface area (Å²) in [6.45, 7) is 2.28. The number of benzene rings is 2. The molecule has 2 aliphatic rings. The zero-order chi connectivity index (χ0) is 20.6. The van der Waals surface area contributed by atoms with Crippen molar-refractivity contribution in [2.45, 2.75) is 31.0 Å². The molecule has 0 spiro atoms. The molecular formula is C22H25ClFN3O2. The molecule has 1 aliphatic carbocycles. The zero-order valence-corrected chi connectivity index (χ0v) is 16.9. The van der Waals surface area contributed by atoms with Crippen LogP contribution in [0.5, 0.6) is 0 Å². The molecule has 0 aromatic heterocycles. The maximum atomic E-state index is 14.1. The van der Waals surface area contributed by atoms with E-state index in [4.69, 9.17) is 17.3 Å². The summed E-state index contributed by atoms with van der Waals surface area (Å²) < 4.78 is 14.1. The van der Waals surface area contributed by atoms with E-state index in [1.165, 1.54) is 6.07 Å². The van der Waals surface area contributed by atoms with E-state index < -0.39 is 17.6 Å². The largest absolute Gasteiger partial charge is 0.376 e. The first-order valence-corrected chi connectivity index (χ1v) is 10.3. The Morgan fingerprint density at radius 3 is 2.31 bits per heavy atom. The number of carbonyl (C=O) groups excluding carboxylic acids is 1. The van der Waals surface area contributed by atoms with Crippen LogP contribution in [0.15, 0.2) is 42.5 Å². The maximum Gasteiger partial charge on any atom is 0.253 e. The van der Waals surface area contributed by atoms with Gasteiger partial charge in [0.1, 0.15) is 12.0 Å². The van der Waals surface area contributed by atoms with Crippen molar-refractivity contribution >= 4 is 17.5 Å². The molecule has 2 aromatic rings. The molecule has 0 radical (unpaired) electrons. The second-order valence-corrected chi connectivity index (χ2v) is 8.43. The van der Waals surface area contributed by atoms with Gasteiger partial charge in [-0.1, -0.05) is 23.7 Å². The first kappa shape index (κ1) is 20.3. The van der Waals surface area contributed by atoms with Crippen molar-refractivity contribution in [1.29, 1.82) is 0 Å². The molecule has 154 valence electrons. The van der Waals surface area contributed by atoms with Gasteiger partial charge < -0.3 is 15.7 Å². The van der Waals surface area contributed by atoms with Gasteiger partial charge in [-0.15, -0.1) is 0 Å². The molecule has 1 unspecified atom stereocenters. The van der Waals surface area contributed by atoms with E-state index in [1.807, 2.05) is 4.90 Å². The molecule has 1 atom stereocenters. The Hall–Kier alpha value is -1.99. The Morgan fingerprint density at radius 1 is 1.10 bits per heavy atom. The molecule has 1 aliphatic heterocycles. The van der Waals surface area contributed by atoms with Crippen molar-refractivity contribution in [1.82, 2.24) is 9.80 Å². The number of halogens is 2. The van der Waals surface area contributed by atoms with E-state index in [9.17, 15) is 14.3 Å². The lowest BCUT2D eigenvalue weighted by atomic mass is 9.75. The number of rotatable bonds is 4. The number of carbonyl (C=O) groups is 1. The maximum absolute atomic E-state index is 14.1. The van der Waals surface area contributed by atoms with Crippen molar-refractivity contribution in [3.63, 3.8) is 0 Å². The second-order valence-electron chi connectivity index (χ2n) is 7.99. The highest BCUT2D eigenvalue weighted by Crippen LogP contribution is 2.34. The normalized spacial score (nSPS) is 20.2. The Labute approximate surface area is 174 Å². The van der Waals surface area contributed by atoms with Crippen LogP contribution in [0, 0.1) is 5.82 Å². The summed E-state index contributed by atoms with van der Waals surface area (Å²) >= 11 is 5.81. The summed E-state index contributed by atoms with van der Waals surface area (Å²) in [5.74, 6) is -0.455. The molecule has 2 aromatic carbocycles. The molecule has 2 fully saturated rings. The molecule has 1 heterocycles. The molecule has 3 N–H and O–H groups in total. The molecule has 29 heavy (non-hydrogen) atoms. The van der Waals surface area contributed by atoms with Crippen molar-refractivity contribution in [2.75, 3.05) is 26.2 Å². The monoisotopic (exact) mass is 417 g/mol. The van der Waals surface area contributed by atoms with Crippen molar-refractivity contribution in [3.05, 3.63) is 58.9 Å². The van der Waals surface area contributed by atoms with Crippen LogP contribution in [-0.2, 0) is 0 Å². The molecular weight excluding hydrogens is 393 g/mol. The third kappa shape index (κ3) is 4.03.